The lowest BCUT2D eigenvalue weighted by atomic mass is 10.2. The van der Waals surface area contributed by atoms with Gasteiger partial charge in [-0.2, -0.15) is 0 Å². The zero-order chi connectivity index (χ0) is 9.84. The summed E-state index contributed by atoms with van der Waals surface area (Å²) in [6.45, 7) is 0. The third-order valence-corrected chi connectivity index (χ3v) is 1.85. The van der Waals surface area contributed by atoms with Crippen molar-refractivity contribution in [2.24, 2.45) is 0 Å². The van der Waals surface area contributed by atoms with E-state index in [1.165, 1.54) is 0 Å². The van der Waals surface area contributed by atoms with Crippen molar-refractivity contribution in [3.05, 3.63) is 18.2 Å². The third-order valence-electron chi connectivity index (χ3n) is 1.85. The summed E-state index contributed by atoms with van der Waals surface area (Å²) in [5.41, 5.74) is 1.07. The highest BCUT2D eigenvalue weighted by Crippen LogP contribution is 2.26. The molecule has 0 amide bonds. The maximum atomic E-state index is 5.14. The van der Waals surface area contributed by atoms with E-state index in [-0.39, 0.29) is 0 Å². The van der Waals surface area contributed by atoms with E-state index in [0.29, 0.717) is 0 Å². The Labute approximate surface area is 78.9 Å². The smallest absolute Gasteiger partial charge is 0.124 e. The molecule has 0 atom stereocenters. The number of ether oxygens (including phenoxy) is 2. The summed E-state index contributed by atoms with van der Waals surface area (Å²) in [6, 6.07) is 5.78. The minimum absolute atomic E-state index is 0.808. The summed E-state index contributed by atoms with van der Waals surface area (Å²) in [6.07, 6.45) is 0. The van der Waals surface area contributed by atoms with Crippen molar-refractivity contribution in [1.29, 1.82) is 0 Å². The molecule has 0 radical (unpaired) electrons. The predicted octanol–water partition coefficient (Wildman–Crippen LogP) is 1.77. The average molecular weight is 181 g/mol. The van der Waals surface area contributed by atoms with Gasteiger partial charge in [0.1, 0.15) is 11.5 Å². The molecule has 0 N–H and O–H groups in total. The predicted molar refractivity (Wildman–Crippen MR) is 53.9 cm³/mol. The first-order valence-corrected chi connectivity index (χ1v) is 4.07. The molecular weight excluding hydrogens is 166 g/mol. The van der Waals surface area contributed by atoms with Crippen LogP contribution >= 0.6 is 0 Å². The second-order valence-corrected chi connectivity index (χ2v) is 2.97. The molecule has 0 aliphatic heterocycles. The van der Waals surface area contributed by atoms with Gasteiger partial charge in [-0.15, -0.1) is 0 Å². The molecule has 1 aromatic carbocycles. The molecule has 0 fully saturated rings. The summed E-state index contributed by atoms with van der Waals surface area (Å²) in [5.74, 6) is 1.62. The Morgan fingerprint density at radius 3 is 1.69 bits per heavy atom. The lowest BCUT2D eigenvalue weighted by molar-refractivity contribution is 0.394. The van der Waals surface area contributed by atoms with Crippen LogP contribution < -0.4 is 14.4 Å². The molecule has 0 unspecified atom stereocenters. The van der Waals surface area contributed by atoms with E-state index in [4.69, 9.17) is 9.47 Å². The molecule has 0 heterocycles. The van der Waals surface area contributed by atoms with E-state index in [0.717, 1.165) is 17.2 Å². The first-order valence-electron chi connectivity index (χ1n) is 4.07. The van der Waals surface area contributed by atoms with Crippen LogP contribution in [-0.4, -0.2) is 28.3 Å². The average Bonchev–Trinajstić information content (AvgIpc) is 2.16. The van der Waals surface area contributed by atoms with Crippen LogP contribution in [0.25, 0.3) is 0 Å². The molecule has 72 valence electrons. The van der Waals surface area contributed by atoms with Crippen LogP contribution in [0.2, 0.25) is 0 Å². The second kappa shape index (κ2) is 4.03. The fraction of sp³-hybridized carbons (Fsp3) is 0.400. The Hall–Kier alpha value is -1.38. The van der Waals surface area contributed by atoms with Crippen LogP contribution in [-0.2, 0) is 0 Å². The molecule has 0 spiro atoms. The summed E-state index contributed by atoms with van der Waals surface area (Å²) in [4.78, 5) is 2.00. The SMILES string of the molecule is COc1cc(OC)cc(N(C)C)c1. The molecule has 1 rings (SSSR count). The van der Waals surface area contributed by atoms with Crippen molar-refractivity contribution in [2.45, 2.75) is 0 Å². The van der Waals surface area contributed by atoms with Crippen molar-refractivity contribution >= 4 is 5.69 Å². The molecule has 0 aromatic heterocycles. The first-order chi connectivity index (χ1) is 6.17. The molecule has 0 saturated heterocycles. The van der Waals surface area contributed by atoms with Crippen LogP contribution in [0.4, 0.5) is 5.69 Å². The standard InChI is InChI=1S/C10H15NO2/c1-11(2)8-5-9(12-3)7-10(6-8)13-4/h5-7H,1-4H3. The van der Waals surface area contributed by atoms with Gasteiger partial charge in [0.25, 0.3) is 0 Å². The topological polar surface area (TPSA) is 21.7 Å². The van der Waals surface area contributed by atoms with Crippen molar-refractivity contribution < 1.29 is 9.47 Å². The van der Waals surface area contributed by atoms with E-state index in [9.17, 15) is 0 Å². The Kier molecular flexibility index (Phi) is 3.01. The Morgan fingerprint density at radius 2 is 1.38 bits per heavy atom. The molecule has 3 heteroatoms. The number of hydrogen-bond acceptors (Lipinski definition) is 3. The van der Waals surface area contributed by atoms with Crippen LogP contribution in [0.1, 0.15) is 0 Å². The third kappa shape index (κ3) is 2.28. The fourth-order valence-corrected chi connectivity index (χ4v) is 1.05. The lowest BCUT2D eigenvalue weighted by Crippen LogP contribution is -2.08. The molecule has 0 aliphatic rings. The Morgan fingerprint density at radius 1 is 0.923 bits per heavy atom. The van der Waals surface area contributed by atoms with Gasteiger partial charge in [-0.1, -0.05) is 0 Å². The number of nitrogens with zero attached hydrogens (tertiary/aromatic N) is 1. The highest BCUT2D eigenvalue weighted by atomic mass is 16.5. The van der Waals surface area contributed by atoms with Crippen LogP contribution in [0.3, 0.4) is 0 Å². The van der Waals surface area contributed by atoms with Gasteiger partial charge in [-0.3, -0.25) is 0 Å². The molecular formula is C10H15NO2. The van der Waals surface area contributed by atoms with Gasteiger partial charge in [0, 0.05) is 38.0 Å². The molecule has 3 nitrogen and oxygen atoms in total. The van der Waals surface area contributed by atoms with Crippen molar-refractivity contribution in [3.63, 3.8) is 0 Å². The normalized spacial score (nSPS) is 9.54. The number of methoxy groups -OCH3 is 2. The maximum absolute atomic E-state index is 5.14. The number of anilines is 1. The quantitative estimate of drug-likeness (QED) is 0.709. The Balaban J connectivity index is 3.07. The van der Waals surface area contributed by atoms with E-state index < -0.39 is 0 Å². The van der Waals surface area contributed by atoms with Gasteiger partial charge in [-0.05, 0) is 0 Å². The molecule has 13 heavy (non-hydrogen) atoms. The number of hydrogen-bond donors (Lipinski definition) is 0. The summed E-state index contributed by atoms with van der Waals surface area (Å²) in [5, 5.41) is 0. The highest BCUT2D eigenvalue weighted by Gasteiger charge is 2.02. The van der Waals surface area contributed by atoms with Crippen LogP contribution in [0, 0.1) is 0 Å². The van der Waals surface area contributed by atoms with Crippen LogP contribution in [0.5, 0.6) is 11.5 Å². The van der Waals surface area contributed by atoms with E-state index in [2.05, 4.69) is 0 Å². The fourth-order valence-electron chi connectivity index (χ4n) is 1.05. The largest absolute Gasteiger partial charge is 0.497 e. The second-order valence-electron chi connectivity index (χ2n) is 2.97. The number of benzene rings is 1. The maximum Gasteiger partial charge on any atom is 0.124 e. The highest BCUT2D eigenvalue weighted by molar-refractivity contribution is 5.54. The minimum Gasteiger partial charge on any atom is -0.497 e. The van der Waals surface area contributed by atoms with Gasteiger partial charge >= 0.3 is 0 Å². The molecule has 0 saturated carbocycles. The van der Waals surface area contributed by atoms with Crippen LogP contribution in [0.15, 0.2) is 18.2 Å². The molecule has 0 bridgehead atoms. The summed E-state index contributed by atoms with van der Waals surface area (Å²) < 4.78 is 10.3. The van der Waals surface area contributed by atoms with Crippen molar-refractivity contribution in [1.82, 2.24) is 0 Å². The lowest BCUT2D eigenvalue weighted by Gasteiger charge is -2.14. The first kappa shape index (κ1) is 9.71. The van der Waals surface area contributed by atoms with E-state index >= 15 is 0 Å². The van der Waals surface area contributed by atoms with Gasteiger partial charge in [0.2, 0.25) is 0 Å². The van der Waals surface area contributed by atoms with Crippen molar-refractivity contribution in [3.8, 4) is 11.5 Å². The van der Waals surface area contributed by atoms with Gasteiger partial charge in [-0.25, -0.2) is 0 Å². The molecule has 1 aromatic rings. The Bertz CT molecular complexity index is 262. The zero-order valence-electron chi connectivity index (χ0n) is 8.50. The van der Waals surface area contributed by atoms with Gasteiger partial charge < -0.3 is 14.4 Å². The summed E-state index contributed by atoms with van der Waals surface area (Å²) in [7, 11) is 7.25. The monoisotopic (exact) mass is 181 g/mol. The van der Waals surface area contributed by atoms with Gasteiger partial charge in [0.15, 0.2) is 0 Å². The summed E-state index contributed by atoms with van der Waals surface area (Å²) >= 11 is 0. The van der Waals surface area contributed by atoms with Gasteiger partial charge in [0.05, 0.1) is 14.2 Å². The minimum atomic E-state index is 0.808. The zero-order valence-corrected chi connectivity index (χ0v) is 8.50. The number of rotatable bonds is 3. The molecule has 0 aliphatic carbocycles. The van der Waals surface area contributed by atoms with Crippen molar-refractivity contribution in [2.75, 3.05) is 33.2 Å². The van der Waals surface area contributed by atoms with E-state index in [1.807, 2.05) is 37.2 Å². The van der Waals surface area contributed by atoms with E-state index in [1.54, 1.807) is 14.2 Å².